The summed E-state index contributed by atoms with van der Waals surface area (Å²) in [5, 5.41) is 4.54. The first kappa shape index (κ1) is 25.0. The fourth-order valence-corrected chi connectivity index (χ4v) is 4.84. The summed E-state index contributed by atoms with van der Waals surface area (Å²) in [6.07, 6.45) is 6.82. The molecule has 0 aliphatic rings. The molecule has 0 saturated carbocycles. The summed E-state index contributed by atoms with van der Waals surface area (Å²) in [6, 6.07) is 19.3. The van der Waals surface area contributed by atoms with Crippen molar-refractivity contribution in [2.45, 2.75) is 64.8 Å². The molecule has 3 rings (SSSR count). The van der Waals surface area contributed by atoms with E-state index in [-0.39, 0.29) is 17.9 Å². The van der Waals surface area contributed by atoms with Gasteiger partial charge in [-0.15, -0.1) is 0 Å². The van der Waals surface area contributed by atoms with Crippen LogP contribution < -0.4 is 5.32 Å². The number of benzene rings is 2. The van der Waals surface area contributed by atoms with Gasteiger partial charge >= 0.3 is 0 Å². The van der Waals surface area contributed by atoms with Gasteiger partial charge in [0.1, 0.15) is 0 Å². The van der Waals surface area contributed by atoms with E-state index in [0.29, 0.717) is 6.42 Å². The smallest absolute Gasteiger partial charge is 0.220 e. The second-order valence-electron chi connectivity index (χ2n) is 9.28. The van der Waals surface area contributed by atoms with Gasteiger partial charge in [-0.3, -0.25) is 4.79 Å². The van der Waals surface area contributed by atoms with Crippen molar-refractivity contribution in [3.05, 3.63) is 71.9 Å². The van der Waals surface area contributed by atoms with E-state index in [1.165, 1.54) is 22.0 Å². The summed E-state index contributed by atoms with van der Waals surface area (Å²) >= 11 is 0. The fraction of sp³-hybridized carbons (Fsp3) is 0.483. The standard InChI is InChI=1S/C29H41N3O/c1-5-32(6-2)20-12-13-23(3)30-29(33)21-25(19-18-24-14-8-7-9-15-24)27-22-31(4)28-17-11-10-16-26(27)28/h7-11,14-17,22-23,25H,5-6,12-13,18-21H2,1-4H3,(H,30,33)/t23-,25-/m1/s1. The maximum atomic E-state index is 13.1. The van der Waals surface area contributed by atoms with Crippen LogP contribution in [0, 0.1) is 0 Å². The number of aromatic nitrogens is 1. The van der Waals surface area contributed by atoms with Crippen LogP contribution in [0.15, 0.2) is 60.8 Å². The molecule has 0 aliphatic carbocycles. The molecule has 2 atom stereocenters. The van der Waals surface area contributed by atoms with Gasteiger partial charge in [-0.2, -0.15) is 0 Å². The van der Waals surface area contributed by atoms with Crippen molar-refractivity contribution in [1.82, 2.24) is 14.8 Å². The molecule has 0 bridgehead atoms. The van der Waals surface area contributed by atoms with Crippen LogP contribution in [-0.2, 0) is 18.3 Å². The lowest BCUT2D eigenvalue weighted by atomic mass is 9.89. The predicted molar refractivity (Wildman–Crippen MR) is 140 cm³/mol. The molecule has 4 heteroatoms. The summed E-state index contributed by atoms with van der Waals surface area (Å²) in [5.74, 6) is 0.357. The lowest BCUT2D eigenvalue weighted by molar-refractivity contribution is -0.122. The Morgan fingerprint density at radius 2 is 1.70 bits per heavy atom. The van der Waals surface area contributed by atoms with E-state index in [2.05, 4.69) is 103 Å². The first-order valence-electron chi connectivity index (χ1n) is 12.6. The second-order valence-corrected chi connectivity index (χ2v) is 9.28. The van der Waals surface area contributed by atoms with Crippen LogP contribution in [0.5, 0.6) is 0 Å². The zero-order chi connectivity index (χ0) is 23.6. The van der Waals surface area contributed by atoms with Crippen LogP contribution in [0.4, 0.5) is 0 Å². The van der Waals surface area contributed by atoms with E-state index in [1.807, 2.05) is 0 Å². The Balaban J connectivity index is 1.66. The molecule has 1 heterocycles. The molecule has 4 nitrogen and oxygen atoms in total. The molecule has 1 N–H and O–H groups in total. The first-order chi connectivity index (χ1) is 16.0. The van der Waals surface area contributed by atoms with Crippen molar-refractivity contribution in [3.8, 4) is 0 Å². The molecular weight excluding hydrogens is 406 g/mol. The number of hydrogen-bond acceptors (Lipinski definition) is 2. The van der Waals surface area contributed by atoms with Gasteiger partial charge in [0.15, 0.2) is 0 Å². The molecule has 0 spiro atoms. The van der Waals surface area contributed by atoms with E-state index < -0.39 is 0 Å². The zero-order valence-corrected chi connectivity index (χ0v) is 20.9. The van der Waals surface area contributed by atoms with E-state index in [4.69, 9.17) is 0 Å². The Bertz CT molecular complexity index is 991. The number of rotatable bonds is 13. The van der Waals surface area contributed by atoms with Gasteiger partial charge in [0.25, 0.3) is 0 Å². The number of aryl methyl sites for hydroxylation is 2. The third kappa shape index (κ3) is 7.20. The molecule has 33 heavy (non-hydrogen) atoms. The number of hydrogen-bond donors (Lipinski definition) is 1. The van der Waals surface area contributed by atoms with Crippen molar-refractivity contribution in [2.75, 3.05) is 19.6 Å². The van der Waals surface area contributed by atoms with Gasteiger partial charge in [-0.05, 0) is 75.4 Å². The molecule has 2 aromatic carbocycles. The number of amides is 1. The molecule has 178 valence electrons. The normalized spacial score (nSPS) is 13.4. The van der Waals surface area contributed by atoms with Gasteiger partial charge in [0.2, 0.25) is 5.91 Å². The van der Waals surface area contributed by atoms with Crippen LogP contribution in [-0.4, -0.2) is 41.1 Å². The van der Waals surface area contributed by atoms with Crippen molar-refractivity contribution in [1.29, 1.82) is 0 Å². The molecule has 0 unspecified atom stereocenters. The molecule has 0 fully saturated rings. The van der Waals surface area contributed by atoms with E-state index in [9.17, 15) is 4.79 Å². The number of nitrogens with one attached hydrogen (secondary N) is 1. The molecular formula is C29H41N3O. The number of nitrogens with zero attached hydrogens (tertiary/aromatic N) is 2. The van der Waals surface area contributed by atoms with Gasteiger partial charge in [0.05, 0.1) is 0 Å². The SMILES string of the molecule is CCN(CC)CCC[C@@H](C)NC(=O)C[C@@H](CCc1ccccc1)c1cn(C)c2ccccc12. The monoisotopic (exact) mass is 447 g/mol. The van der Waals surface area contributed by atoms with Gasteiger partial charge in [0, 0.05) is 36.6 Å². The van der Waals surface area contributed by atoms with Crippen molar-refractivity contribution in [2.24, 2.45) is 7.05 Å². The highest BCUT2D eigenvalue weighted by Gasteiger charge is 2.21. The quantitative estimate of drug-likeness (QED) is 0.354. The van der Waals surface area contributed by atoms with E-state index in [1.54, 1.807) is 0 Å². The highest BCUT2D eigenvalue weighted by atomic mass is 16.1. The summed E-state index contributed by atoms with van der Waals surface area (Å²) in [7, 11) is 2.10. The largest absolute Gasteiger partial charge is 0.354 e. The molecule has 0 saturated heterocycles. The highest BCUT2D eigenvalue weighted by molar-refractivity contribution is 5.85. The maximum Gasteiger partial charge on any atom is 0.220 e. The highest BCUT2D eigenvalue weighted by Crippen LogP contribution is 2.32. The number of carbonyl (C=O) groups is 1. The zero-order valence-electron chi connectivity index (χ0n) is 20.9. The Kier molecular flexibility index (Phi) is 9.56. The Labute approximate surface area is 200 Å². The van der Waals surface area contributed by atoms with Crippen LogP contribution in [0.25, 0.3) is 10.9 Å². The average molecular weight is 448 g/mol. The number of carbonyl (C=O) groups excluding carboxylic acids is 1. The fourth-order valence-electron chi connectivity index (χ4n) is 4.84. The minimum absolute atomic E-state index is 0.163. The van der Waals surface area contributed by atoms with Crippen LogP contribution in [0.1, 0.15) is 63.5 Å². The van der Waals surface area contributed by atoms with Crippen LogP contribution in [0.3, 0.4) is 0 Å². The topological polar surface area (TPSA) is 37.3 Å². The van der Waals surface area contributed by atoms with Gasteiger partial charge in [-0.25, -0.2) is 0 Å². The predicted octanol–water partition coefficient (Wildman–Crippen LogP) is 5.91. The van der Waals surface area contributed by atoms with Crippen LogP contribution in [0.2, 0.25) is 0 Å². The Morgan fingerprint density at radius 3 is 2.42 bits per heavy atom. The summed E-state index contributed by atoms with van der Waals surface area (Å²) in [5.41, 5.74) is 3.84. The summed E-state index contributed by atoms with van der Waals surface area (Å²) < 4.78 is 2.19. The van der Waals surface area contributed by atoms with Crippen LogP contribution >= 0.6 is 0 Å². The molecule has 1 amide bonds. The Morgan fingerprint density at radius 1 is 1.00 bits per heavy atom. The summed E-state index contributed by atoms with van der Waals surface area (Å²) in [6.45, 7) is 9.83. The minimum atomic E-state index is 0.163. The van der Waals surface area contributed by atoms with Crippen molar-refractivity contribution in [3.63, 3.8) is 0 Å². The minimum Gasteiger partial charge on any atom is -0.354 e. The van der Waals surface area contributed by atoms with Gasteiger partial charge < -0.3 is 14.8 Å². The molecule has 1 aromatic heterocycles. The lowest BCUT2D eigenvalue weighted by Gasteiger charge is -2.21. The molecule has 0 aliphatic heterocycles. The van der Waals surface area contributed by atoms with Gasteiger partial charge in [-0.1, -0.05) is 62.4 Å². The molecule has 0 radical (unpaired) electrons. The maximum absolute atomic E-state index is 13.1. The third-order valence-corrected chi connectivity index (χ3v) is 6.84. The summed E-state index contributed by atoms with van der Waals surface area (Å²) in [4.78, 5) is 15.5. The third-order valence-electron chi connectivity index (χ3n) is 6.84. The Hall–Kier alpha value is -2.59. The number of fused-ring (bicyclic) bond motifs is 1. The lowest BCUT2D eigenvalue weighted by Crippen LogP contribution is -2.34. The second kappa shape index (κ2) is 12.6. The first-order valence-corrected chi connectivity index (χ1v) is 12.6. The van der Waals surface area contributed by atoms with Crippen molar-refractivity contribution >= 4 is 16.8 Å². The number of para-hydroxylation sites is 1. The van der Waals surface area contributed by atoms with E-state index >= 15 is 0 Å². The average Bonchev–Trinajstić information content (AvgIpc) is 3.16. The molecule has 3 aromatic rings. The van der Waals surface area contributed by atoms with E-state index in [0.717, 1.165) is 45.3 Å². The van der Waals surface area contributed by atoms with Crippen molar-refractivity contribution < 1.29 is 4.79 Å².